The van der Waals surface area contributed by atoms with E-state index in [-0.39, 0.29) is 5.83 Å². The average molecular weight is 293 g/mol. The fourth-order valence-electron chi connectivity index (χ4n) is 1.41. The number of nitrogens with zero attached hydrogens (tertiary/aromatic N) is 2. The summed E-state index contributed by atoms with van der Waals surface area (Å²) in [7, 11) is 0. The summed E-state index contributed by atoms with van der Waals surface area (Å²) in [6.07, 6.45) is 4.80. The molecule has 0 spiro atoms. The fourth-order valence-corrected chi connectivity index (χ4v) is 1.61. The molecule has 1 aromatic heterocycles. The first kappa shape index (κ1) is 11.9. The monoisotopic (exact) mass is 292 g/mol. The largest absolute Gasteiger partial charge is 0.235 e. The Morgan fingerprint density at radius 2 is 1.76 bits per heavy atom. The van der Waals surface area contributed by atoms with Gasteiger partial charge in [0.25, 0.3) is 0 Å². The van der Waals surface area contributed by atoms with Gasteiger partial charge in [0, 0.05) is 23.5 Å². The number of hydrogen-bond donors (Lipinski definition) is 0. The number of aromatic nitrogens is 2. The van der Waals surface area contributed by atoms with Crippen molar-refractivity contribution in [2.75, 3.05) is 0 Å². The van der Waals surface area contributed by atoms with E-state index in [0.717, 1.165) is 10.0 Å². The SMILES string of the molecule is C/C=C(\F)c1ccc(-c2ncc(Br)cn2)cc1. The molecule has 0 aliphatic rings. The van der Waals surface area contributed by atoms with Gasteiger partial charge < -0.3 is 0 Å². The second kappa shape index (κ2) is 5.19. The van der Waals surface area contributed by atoms with Crippen molar-refractivity contribution in [1.82, 2.24) is 9.97 Å². The summed E-state index contributed by atoms with van der Waals surface area (Å²) < 4.78 is 14.1. The van der Waals surface area contributed by atoms with E-state index in [1.54, 1.807) is 31.5 Å². The Bertz CT molecular complexity index is 532. The van der Waals surface area contributed by atoms with Crippen LogP contribution < -0.4 is 0 Å². The van der Waals surface area contributed by atoms with Crippen molar-refractivity contribution in [3.8, 4) is 11.4 Å². The summed E-state index contributed by atoms with van der Waals surface area (Å²) in [5.41, 5.74) is 1.43. The van der Waals surface area contributed by atoms with Crippen LogP contribution in [0.1, 0.15) is 12.5 Å². The van der Waals surface area contributed by atoms with Crippen LogP contribution in [0.5, 0.6) is 0 Å². The van der Waals surface area contributed by atoms with Gasteiger partial charge in [-0.05, 0) is 22.9 Å². The highest BCUT2D eigenvalue weighted by Gasteiger charge is 2.03. The Hall–Kier alpha value is -1.55. The highest BCUT2D eigenvalue weighted by molar-refractivity contribution is 9.10. The molecular weight excluding hydrogens is 283 g/mol. The van der Waals surface area contributed by atoms with Crippen molar-refractivity contribution in [3.63, 3.8) is 0 Å². The lowest BCUT2D eigenvalue weighted by Crippen LogP contribution is -1.88. The van der Waals surface area contributed by atoms with Crippen LogP contribution in [0, 0.1) is 0 Å². The van der Waals surface area contributed by atoms with E-state index >= 15 is 0 Å². The molecule has 0 atom stereocenters. The number of halogens is 2. The predicted molar refractivity (Wildman–Crippen MR) is 69.9 cm³/mol. The minimum absolute atomic E-state index is 0.228. The lowest BCUT2D eigenvalue weighted by Gasteiger charge is -2.01. The van der Waals surface area contributed by atoms with Gasteiger partial charge in [0.15, 0.2) is 5.82 Å². The first-order valence-electron chi connectivity index (χ1n) is 5.11. The highest BCUT2D eigenvalue weighted by atomic mass is 79.9. The molecule has 1 heterocycles. The lowest BCUT2D eigenvalue weighted by atomic mass is 10.1. The molecule has 4 heteroatoms. The molecule has 1 aromatic carbocycles. The maximum atomic E-state index is 13.3. The van der Waals surface area contributed by atoms with E-state index in [9.17, 15) is 4.39 Å². The van der Waals surface area contributed by atoms with Crippen molar-refractivity contribution in [3.05, 3.63) is 52.8 Å². The molecule has 0 saturated heterocycles. The first-order valence-corrected chi connectivity index (χ1v) is 5.90. The van der Waals surface area contributed by atoms with Crippen LogP contribution in [-0.2, 0) is 0 Å². The minimum atomic E-state index is -0.228. The van der Waals surface area contributed by atoms with Crippen molar-refractivity contribution < 1.29 is 4.39 Å². The summed E-state index contributed by atoms with van der Waals surface area (Å²) >= 11 is 3.28. The smallest absolute Gasteiger partial charge is 0.159 e. The zero-order valence-corrected chi connectivity index (χ0v) is 10.8. The molecule has 0 aliphatic carbocycles. The van der Waals surface area contributed by atoms with Crippen molar-refractivity contribution in [1.29, 1.82) is 0 Å². The molecule has 0 saturated carbocycles. The number of benzene rings is 1. The van der Waals surface area contributed by atoms with E-state index in [0.29, 0.717) is 11.4 Å². The molecule has 0 N–H and O–H groups in total. The van der Waals surface area contributed by atoms with Crippen LogP contribution in [0.2, 0.25) is 0 Å². The van der Waals surface area contributed by atoms with E-state index in [4.69, 9.17) is 0 Å². The van der Waals surface area contributed by atoms with Crippen LogP contribution >= 0.6 is 15.9 Å². The van der Waals surface area contributed by atoms with Gasteiger partial charge in [-0.3, -0.25) is 0 Å². The van der Waals surface area contributed by atoms with Crippen LogP contribution in [0.4, 0.5) is 4.39 Å². The Labute approximate surface area is 107 Å². The minimum Gasteiger partial charge on any atom is -0.235 e. The van der Waals surface area contributed by atoms with Crippen molar-refractivity contribution in [2.45, 2.75) is 6.92 Å². The molecule has 2 aromatic rings. The molecule has 86 valence electrons. The van der Waals surface area contributed by atoms with Crippen molar-refractivity contribution in [2.24, 2.45) is 0 Å². The van der Waals surface area contributed by atoms with Crippen LogP contribution in [0.3, 0.4) is 0 Å². The molecular formula is C13H10BrFN2. The topological polar surface area (TPSA) is 25.8 Å². The second-order valence-corrected chi connectivity index (χ2v) is 4.35. The summed E-state index contributed by atoms with van der Waals surface area (Å²) in [5.74, 6) is 0.397. The zero-order valence-electron chi connectivity index (χ0n) is 9.19. The van der Waals surface area contributed by atoms with Gasteiger partial charge in [-0.25, -0.2) is 14.4 Å². The van der Waals surface area contributed by atoms with Gasteiger partial charge in [-0.2, -0.15) is 0 Å². The maximum absolute atomic E-state index is 13.3. The Morgan fingerprint density at radius 1 is 1.18 bits per heavy atom. The number of rotatable bonds is 2. The molecule has 2 rings (SSSR count). The molecule has 0 amide bonds. The third-order valence-electron chi connectivity index (χ3n) is 2.29. The predicted octanol–water partition coefficient (Wildman–Crippen LogP) is 4.24. The van der Waals surface area contributed by atoms with E-state index in [2.05, 4.69) is 25.9 Å². The number of hydrogen-bond acceptors (Lipinski definition) is 2. The summed E-state index contributed by atoms with van der Waals surface area (Å²) in [6.45, 7) is 1.67. The van der Waals surface area contributed by atoms with Gasteiger partial charge in [-0.1, -0.05) is 30.3 Å². The van der Waals surface area contributed by atoms with Gasteiger partial charge in [0.2, 0.25) is 0 Å². The molecule has 0 bridgehead atoms. The molecule has 2 nitrogen and oxygen atoms in total. The van der Waals surface area contributed by atoms with Crippen molar-refractivity contribution >= 4 is 21.8 Å². The maximum Gasteiger partial charge on any atom is 0.159 e. The summed E-state index contributed by atoms with van der Waals surface area (Å²) in [4.78, 5) is 8.35. The van der Waals surface area contributed by atoms with Crippen LogP contribution in [0.15, 0.2) is 47.2 Å². The Balaban J connectivity index is 2.32. The molecule has 17 heavy (non-hydrogen) atoms. The molecule has 0 unspecified atom stereocenters. The lowest BCUT2D eigenvalue weighted by molar-refractivity contribution is 0.758. The van der Waals surface area contributed by atoms with Gasteiger partial charge in [0.1, 0.15) is 5.83 Å². The van der Waals surface area contributed by atoms with E-state index in [1.165, 1.54) is 6.08 Å². The average Bonchev–Trinajstić information content (AvgIpc) is 2.39. The first-order chi connectivity index (χ1) is 8.20. The molecule has 0 radical (unpaired) electrons. The highest BCUT2D eigenvalue weighted by Crippen LogP contribution is 2.21. The Morgan fingerprint density at radius 3 is 2.29 bits per heavy atom. The van der Waals surface area contributed by atoms with E-state index in [1.807, 2.05) is 12.1 Å². The van der Waals surface area contributed by atoms with Crippen LogP contribution in [-0.4, -0.2) is 9.97 Å². The van der Waals surface area contributed by atoms with Gasteiger partial charge in [0.05, 0.1) is 4.47 Å². The van der Waals surface area contributed by atoms with E-state index < -0.39 is 0 Å². The van der Waals surface area contributed by atoms with Crippen LogP contribution in [0.25, 0.3) is 17.2 Å². The quantitative estimate of drug-likeness (QED) is 0.827. The third kappa shape index (κ3) is 2.77. The third-order valence-corrected chi connectivity index (χ3v) is 2.70. The zero-order chi connectivity index (χ0) is 12.3. The normalized spacial score (nSPS) is 11.6. The second-order valence-electron chi connectivity index (χ2n) is 3.44. The summed E-state index contributed by atoms with van der Waals surface area (Å²) in [5, 5.41) is 0. The molecule has 0 fully saturated rings. The standard InChI is InChI=1S/C13H10BrFN2/c1-2-12(15)9-3-5-10(6-4-9)13-16-7-11(14)8-17-13/h2-8H,1H3/b12-2-. The molecule has 0 aliphatic heterocycles. The van der Waals surface area contributed by atoms with Gasteiger partial charge in [-0.15, -0.1) is 0 Å². The van der Waals surface area contributed by atoms with Gasteiger partial charge >= 0.3 is 0 Å². The Kier molecular flexibility index (Phi) is 3.64. The fraction of sp³-hybridized carbons (Fsp3) is 0.0769. The number of allylic oxidation sites excluding steroid dienone is 1. The summed E-state index contributed by atoms with van der Waals surface area (Å²) in [6, 6.07) is 7.05.